The van der Waals surface area contributed by atoms with E-state index in [0.717, 1.165) is 18.5 Å². The number of aryl methyl sites for hydroxylation is 2. The predicted octanol–water partition coefficient (Wildman–Crippen LogP) is 1.62. The Morgan fingerprint density at radius 2 is 1.96 bits per heavy atom. The fourth-order valence-electron chi connectivity index (χ4n) is 2.63. The van der Waals surface area contributed by atoms with E-state index in [4.69, 9.17) is 0 Å². The van der Waals surface area contributed by atoms with Crippen LogP contribution in [-0.2, 0) is 24.8 Å². The number of carbonyl (C=O) groups excluding carboxylic acids is 2. The van der Waals surface area contributed by atoms with Crippen LogP contribution in [0.3, 0.4) is 0 Å². The second-order valence-corrected chi connectivity index (χ2v) is 6.13. The molecule has 0 radical (unpaired) electrons. The molecule has 0 aliphatic heterocycles. The van der Waals surface area contributed by atoms with E-state index in [9.17, 15) is 9.59 Å². The van der Waals surface area contributed by atoms with Crippen LogP contribution in [0.25, 0.3) is 0 Å². The summed E-state index contributed by atoms with van der Waals surface area (Å²) >= 11 is 0. The van der Waals surface area contributed by atoms with Gasteiger partial charge < -0.3 is 10.6 Å². The maximum Gasteiger partial charge on any atom is 0.271 e. The molecule has 0 saturated heterocycles. The minimum absolute atomic E-state index is 0.157. The molecule has 27 heavy (non-hydrogen) atoms. The number of rotatable bonds is 8. The molecule has 2 amide bonds. The van der Waals surface area contributed by atoms with Crippen LogP contribution in [-0.4, -0.2) is 37.9 Å². The summed E-state index contributed by atoms with van der Waals surface area (Å²) in [6, 6.07) is 12.9. The zero-order valence-electron chi connectivity index (χ0n) is 15.1. The molecule has 0 saturated carbocycles. The Bertz CT molecular complexity index is 886. The minimum Gasteiger partial charge on any atom is -0.351 e. The van der Waals surface area contributed by atoms with Gasteiger partial charge in [0.05, 0.1) is 6.42 Å². The third kappa shape index (κ3) is 5.27. The van der Waals surface area contributed by atoms with Crippen molar-refractivity contribution in [3.05, 3.63) is 66.1 Å². The van der Waals surface area contributed by atoms with Gasteiger partial charge in [0, 0.05) is 38.6 Å². The van der Waals surface area contributed by atoms with Crippen LogP contribution >= 0.6 is 0 Å². The Kier molecular flexibility index (Phi) is 5.98. The first-order valence-electron chi connectivity index (χ1n) is 8.75. The molecule has 0 aliphatic rings. The first kappa shape index (κ1) is 18.4. The molecule has 3 rings (SSSR count). The molecule has 2 aromatic heterocycles. The van der Waals surface area contributed by atoms with Crippen LogP contribution < -0.4 is 10.6 Å². The Morgan fingerprint density at radius 1 is 1.15 bits per heavy atom. The molecule has 0 aliphatic carbocycles. The monoisotopic (exact) mass is 366 g/mol. The summed E-state index contributed by atoms with van der Waals surface area (Å²) in [6.45, 7) is 1.25. The first-order valence-corrected chi connectivity index (χ1v) is 8.75. The van der Waals surface area contributed by atoms with Crippen molar-refractivity contribution in [2.45, 2.75) is 19.4 Å². The molecular weight excluding hydrogens is 344 g/mol. The van der Waals surface area contributed by atoms with Crippen molar-refractivity contribution < 1.29 is 9.59 Å². The van der Waals surface area contributed by atoms with E-state index in [2.05, 4.69) is 20.8 Å². The highest BCUT2D eigenvalue weighted by Gasteiger charge is 2.14. The number of hydrogen-bond acceptors (Lipinski definition) is 4. The Morgan fingerprint density at radius 3 is 2.70 bits per heavy atom. The summed E-state index contributed by atoms with van der Waals surface area (Å²) in [4.78, 5) is 24.4. The van der Waals surface area contributed by atoms with E-state index in [1.807, 2.05) is 47.3 Å². The third-order valence-corrected chi connectivity index (χ3v) is 4.00. The summed E-state index contributed by atoms with van der Waals surface area (Å²) in [7, 11) is 1.69. The lowest BCUT2D eigenvalue weighted by Gasteiger charge is -2.04. The zero-order valence-corrected chi connectivity index (χ0v) is 15.1. The summed E-state index contributed by atoms with van der Waals surface area (Å²) < 4.78 is 3.30. The fraction of sp³-hybridized carbons (Fsp3) is 0.263. The summed E-state index contributed by atoms with van der Waals surface area (Å²) in [6.07, 6.45) is 4.63. The normalized spacial score (nSPS) is 10.6. The van der Waals surface area contributed by atoms with E-state index in [0.29, 0.717) is 12.4 Å². The molecule has 140 valence electrons. The van der Waals surface area contributed by atoms with Crippen LogP contribution in [0.15, 0.2) is 54.9 Å². The summed E-state index contributed by atoms with van der Waals surface area (Å²) in [5, 5.41) is 13.9. The topological polar surface area (TPSA) is 93.8 Å². The molecule has 2 N–H and O–H groups in total. The average molecular weight is 366 g/mol. The van der Waals surface area contributed by atoms with Gasteiger partial charge in [-0.1, -0.05) is 30.3 Å². The average Bonchev–Trinajstić information content (AvgIpc) is 3.30. The van der Waals surface area contributed by atoms with Gasteiger partial charge in [0.2, 0.25) is 5.91 Å². The second kappa shape index (κ2) is 8.79. The van der Waals surface area contributed by atoms with Gasteiger partial charge in [-0.3, -0.25) is 19.0 Å². The Labute approximate surface area is 157 Å². The predicted molar refractivity (Wildman–Crippen MR) is 101 cm³/mol. The SMILES string of the molecule is Cn1nc(C(=O)NCCCn2cccn2)cc1NC(=O)Cc1ccccc1. The highest BCUT2D eigenvalue weighted by molar-refractivity contribution is 5.95. The van der Waals surface area contributed by atoms with E-state index >= 15 is 0 Å². The van der Waals surface area contributed by atoms with Gasteiger partial charge in [-0.15, -0.1) is 0 Å². The fourth-order valence-corrected chi connectivity index (χ4v) is 2.63. The maximum absolute atomic E-state index is 12.2. The Hall–Kier alpha value is -3.42. The van der Waals surface area contributed by atoms with Gasteiger partial charge in [0.15, 0.2) is 5.69 Å². The standard InChI is InChI=1S/C19H22N6O2/c1-24-17(22-18(26)13-15-7-3-2-4-8-15)14-16(23-24)19(27)20-9-5-11-25-12-6-10-21-25/h2-4,6-8,10,12,14H,5,9,11,13H2,1H3,(H,20,27)(H,22,26). The molecule has 0 fully saturated rings. The number of nitrogens with one attached hydrogen (secondary N) is 2. The van der Waals surface area contributed by atoms with Crippen molar-refractivity contribution in [3.63, 3.8) is 0 Å². The Balaban J connectivity index is 1.49. The molecule has 0 atom stereocenters. The molecule has 3 aromatic rings. The molecule has 8 heteroatoms. The van der Waals surface area contributed by atoms with Gasteiger partial charge in [-0.05, 0) is 18.1 Å². The van der Waals surface area contributed by atoms with Gasteiger partial charge in [0.25, 0.3) is 5.91 Å². The lowest BCUT2D eigenvalue weighted by Crippen LogP contribution is -2.25. The van der Waals surface area contributed by atoms with Crippen molar-refractivity contribution in [1.82, 2.24) is 24.9 Å². The van der Waals surface area contributed by atoms with E-state index < -0.39 is 0 Å². The molecule has 2 heterocycles. The second-order valence-electron chi connectivity index (χ2n) is 6.13. The third-order valence-electron chi connectivity index (χ3n) is 4.00. The lowest BCUT2D eigenvalue weighted by atomic mass is 10.1. The molecule has 0 bridgehead atoms. The van der Waals surface area contributed by atoms with Crippen LogP contribution in [0.5, 0.6) is 0 Å². The van der Waals surface area contributed by atoms with E-state index in [1.54, 1.807) is 19.3 Å². The number of nitrogens with zero attached hydrogens (tertiary/aromatic N) is 4. The smallest absolute Gasteiger partial charge is 0.271 e. The van der Waals surface area contributed by atoms with Crippen LogP contribution in [0, 0.1) is 0 Å². The van der Waals surface area contributed by atoms with Crippen LogP contribution in [0.2, 0.25) is 0 Å². The summed E-state index contributed by atoms with van der Waals surface area (Å²) in [5.41, 5.74) is 1.19. The molecular formula is C19H22N6O2. The number of benzene rings is 1. The lowest BCUT2D eigenvalue weighted by molar-refractivity contribution is -0.115. The van der Waals surface area contributed by atoms with Crippen molar-refractivity contribution in [2.75, 3.05) is 11.9 Å². The molecule has 1 aromatic carbocycles. The number of amides is 2. The van der Waals surface area contributed by atoms with Crippen molar-refractivity contribution in [3.8, 4) is 0 Å². The molecule has 0 unspecified atom stereocenters. The van der Waals surface area contributed by atoms with Crippen molar-refractivity contribution >= 4 is 17.6 Å². The highest BCUT2D eigenvalue weighted by atomic mass is 16.2. The number of carbonyl (C=O) groups is 2. The minimum atomic E-state index is -0.269. The van der Waals surface area contributed by atoms with Crippen molar-refractivity contribution in [1.29, 1.82) is 0 Å². The highest BCUT2D eigenvalue weighted by Crippen LogP contribution is 2.10. The quantitative estimate of drug-likeness (QED) is 0.593. The largest absolute Gasteiger partial charge is 0.351 e. The zero-order chi connectivity index (χ0) is 19.1. The van der Waals surface area contributed by atoms with E-state index in [1.165, 1.54) is 4.68 Å². The van der Waals surface area contributed by atoms with Crippen LogP contribution in [0.4, 0.5) is 5.82 Å². The number of hydrogen-bond donors (Lipinski definition) is 2. The van der Waals surface area contributed by atoms with Gasteiger partial charge in [-0.2, -0.15) is 10.2 Å². The maximum atomic E-state index is 12.2. The molecule has 8 nitrogen and oxygen atoms in total. The number of aromatic nitrogens is 4. The van der Waals surface area contributed by atoms with Gasteiger partial charge in [-0.25, -0.2) is 0 Å². The van der Waals surface area contributed by atoms with Gasteiger partial charge >= 0.3 is 0 Å². The summed E-state index contributed by atoms with van der Waals surface area (Å²) in [5.74, 6) is 0.0580. The molecule has 0 spiro atoms. The number of anilines is 1. The van der Waals surface area contributed by atoms with Crippen LogP contribution in [0.1, 0.15) is 22.5 Å². The van der Waals surface area contributed by atoms with Crippen molar-refractivity contribution in [2.24, 2.45) is 7.05 Å². The van der Waals surface area contributed by atoms with Gasteiger partial charge in [0.1, 0.15) is 5.82 Å². The van der Waals surface area contributed by atoms with E-state index in [-0.39, 0.29) is 23.9 Å². The first-order chi connectivity index (χ1) is 13.1.